The van der Waals surface area contributed by atoms with Crippen molar-refractivity contribution in [1.29, 1.82) is 0 Å². The van der Waals surface area contributed by atoms with Crippen LogP contribution in [0.1, 0.15) is 27.0 Å². The van der Waals surface area contributed by atoms with Gasteiger partial charge in [0.05, 0.1) is 7.11 Å². The Kier molecular flexibility index (Phi) is 4.48. The molecular formula is C17H19NO3. The third kappa shape index (κ3) is 3.54. The van der Waals surface area contributed by atoms with Gasteiger partial charge in [0.25, 0.3) is 0 Å². The van der Waals surface area contributed by atoms with E-state index < -0.39 is 5.97 Å². The van der Waals surface area contributed by atoms with Gasteiger partial charge < -0.3 is 15.2 Å². The number of anilines is 1. The fourth-order valence-corrected chi connectivity index (χ4v) is 2.05. The van der Waals surface area contributed by atoms with E-state index in [0.717, 1.165) is 16.7 Å². The highest BCUT2D eigenvalue weighted by molar-refractivity contribution is 5.93. The molecule has 2 aromatic rings. The van der Waals surface area contributed by atoms with Gasteiger partial charge >= 0.3 is 5.97 Å². The van der Waals surface area contributed by atoms with E-state index >= 15 is 0 Å². The summed E-state index contributed by atoms with van der Waals surface area (Å²) in [6.07, 6.45) is 0. The normalized spacial score (nSPS) is 10.2. The molecule has 4 heteroatoms. The number of methoxy groups -OCH3 is 1. The van der Waals surface area contributed by atoms with Gasteiger partial charge in [-0.2, -0.15) is 0 Å². The van der Waals surface area contributed by atoms with Gasteiger partial charge in [-0.25, -0.2) is 4.79 Å². The van der Waals surface area contributed by atoms with E-state index in [4.69, 9.17) is 15.2 Å². The minimum Gasteiger partial charge on any atom is -0.496 e. The molecule has 2 aromatic carbocycles. The third-order valence-electron chi connectivity index (χ3n) is 3.31. The Hall–Kier alpha value is -2.49. The van der Waals surface area contributed by atoms with Crippen LogP contribution in [0.25, 0.3) is 0 Å². The van der Waals surface area contributed by atoms with E-state index in [0.29, 0.717) is 17.0 Å². The lowest BCUT2D eigenvalue weighted by molar-refractivity contribution is 0.0468. The summed E-state index contributed by atoms with van der Waals surface area (Å²) in [5.74, 6) is -0.00581. The number of nitrogens with two attached hydrogens (primary N) is 1. The fourth-order valence-electron chi connectivity index (χ4n) is 2.05. The summed E-state index contributed by atoms with van der Waals surface area (Å²) < 4.78 is 10.5. The van der Waals surface area contributed by atoms with Crippen LogP contribution in [-0.4, -0.2) is 13.1 Å². The van der Waals surface area contributed by atoms with Crippen molar-refractivity contribution >= 4 is 11.7 Å². The quantitative estimate of drug-likeness (QED) is 0.692. The molecule has 0 aliphatic rings. The maximum absolute atomic E-state index is 12.2. The highest BCUT2D eigenvalue weighted by Gasteiger charge is 2.14. The number of carbonyl (C=O) groups excluding carboxylic acids is 1. The first-order valence-corrected chi connectivity index (χ1v) is 6.68. The van der Waals surface area contributed by atoms with Crippen LogP contribution >= 0.6 is 0 Å². The van der Waals surface area contributed by atoms with Gasteiger partial charge in [-0.15, -0.1) is 0 Å². The third-order valence-corrected chi connectivity index (χ3v) is 3.31. The largest absolute Gasteiger partial charge is 0.496 e. The molecule has 2 N–H and O–H groups in total. The van der Waals surface area contributed by atoms with E-state index in [1.807, 2.05) is 32.0 Å². The van der Waals surface area contributed by atoms with Gasteiger partial charge in [0, 0.05) is 11.8 Å². The molecule has 0 radical (unpaired) electrons. The minimum absolute atomic E-state index is 0.236. The van der Waals surface area contributed by atoms with E-state index in [1.54, 1.807) is 18.2 Å². The highest BCUT2D eigenvalue weighted by Crippen LogP contribution is 2.23. The average Bonchev–Trinajstić information content (AvgIpc) is 2.47. The van der Waals surface area contributed by atoms with Crippen molar-refractivity contribution in [2.45, 2.75) is 20.5 Å². The lowest BCUT2D eigenvalue weighted by atomic mass is 10.1. The van der Waals surface area contributed by atoms with Crippen molar-refractivity contribution in [3.05, 3.63) is 58.7 Å². The van der Waals surface area contributed by atoms with Gasteiger partial charge in [-0.3, -0.25) is 0 Å². The molecule has 0 saturated carbocycles. The van der Waals surface area contributed by atoms with Crippen LogP contribution in [-0.2, 0) is 11.3 Å². The number of hydrogen-bond acceptors (Lipinski definition) is 4. The Morgan fingerprint density at radius 2 is 1.90 bits per heavy atom. The molecule has 0 aliphatic carbocycles. The van der Waals surface area contributed by atoms with Crippen LogP contribution in [0.5, 0.6) is 5.75 Å². The number of benzene rings is 2. The lowest BCUT2D eigenvalue weighted by Crippen LogP contribution is -2.08. The Morgan fingerprint density at radius 1 is 1.14 bits per heavy atom. The summed E-state index contributed by atoms with van der Waals surface area (Å²) in [5, 5.41) is 0. The Balaban J connectivity index is 2.13. The van der Waals surface area contributed by atoms with E-state index in [2.05, 4.69) is 0 Å². The Bertz CT molecular complexity index is 665. The SMILES string of the molecule is COc1cc(N)ccc1C(=O)OCc1cc(C)ccc1C. The second-order valence-electron chi connectivity index (χ2n) is 4.97. The van der Waals surface area contributed by atoms with Crippen LogP contribution in [0.3, 0.4) is 0 Å². The number of carbonyl (C=O) groups is 1. The molecule has 0 amide bonds. The van der Waals surface area contributed by atoms with Crippen molar-refractivity contribution in [1.82, 2.24) is 0 Å². The van der Waals surface area contributed by atoms with Crippen LogP contribution in [0.15, 0.2) is 36.4 Å². The van der Waals surface area contributed by atoms with Gasteiger partial charge in [-0.1, -0.05) is 23.8 Å². The smallest absolute Gasteiger partial charge is 0.342 e. The number of ether oxygens (including phenoxy) is 2. The second kappa shape index (κ2) is 6.31. The number of aryl methyl sites for hydroxylation is 2. The monoisotopic (exact) mass is 285 g/mol. The zero-order valence-electron chi connectivity index (χ0n) is 12.5. The molecule has 110 valence electrons. The number of rotatable bonds is 4. The van der Waals surface area contributed by atoms with Crippen LogP contribution in [0, 0.1) is 13.8 Å². The van der Waals surface area contributed by atoms with E-state index in [-0.39, 0.29) is 6.61 Å². The molecule has 0 aliphatic heterocycles. The highest BCUT2D eigenvalue weighted by atomic mass is 16.5. The predicted molar refractivity (Wildman–Crippen MR) is 82.4 cm³/mol. The molecule has 2 rings (SSSR count). The second-order valence-corrected chi connectivity index (χ2v) is 4.97. The van der Waals surface area contributed by atoms with Crippen LogP contribution in [0.2, 0.25) is 0 Å². The van der Waals surface area contributed by atoms with Crippen molar-refractivity contribution in [2.24, 2.45) is 0 Å². The van der Waals surface area contributed by atoms with Gasteiger partial charge in [0.1, 0.15) is 17.9 Å². The molecule has 4 nitrogen and oxygen atoms in total. The van der Waals surface area contributed by atoms with E-state index in [1.165, 1.54) is 7.11 Å². The first kappa shape index (κ1) is 14.9. The summed E-state index contributed by atoms with van der Waals surface area (Å²) >= 11 is 0. The average molecular weight is 285 g/mol. The molecule has 0 bridgehead atoms. The molecule has 0 spiro atoms. The minimum atomic E-state index is -0.423. The van der Waals surface area contributed by atoms with Gasteiger partial charge in [0.2, 0.25) is 0 Å². The summed E-state index contributed by atoms with van der Waals surface area (Å²) in [4.78, 5) is 12.2. The molecular weight excluding hydrogens is 266 g/mol. The van der Waals surface area contributed by atoms with Crippen LogP contribution in [0.4, 0.5) is 5.69 Å². The Morgan fingerprint density at radius 3 is 2.62 bits per heavy atom. The number of esters is 1. The fraction of sp³-hybridized carbons (Fsp3) is 0.235. The van der Waals surface area contributed by atoms with Crippen molar-refractivity contribution in [3.63, 3.8) is 0 Å². The van der Waals surface area contributed by atoms with Crippen molar-refractivity contribution in [3.8, 4) is 5.75 Å². The topological polar surface area (TPSA) is 61.5 Å². The zero-order valence-corrected chi connectivity index (χ0v) is 12.5. The number of nitrogen functional groups attached to an aromatic ring is 1. The van der Waals surface area contributed by atoms with Crippen LogP contribution < -0.4 is 10.5 Å². The van der Waals surface area contributed by atoms with Crippen molar-refractivity contribution < 1.29 is 14.3 Å². The Labute approximate surface area is 124 Å². The first-order valence-electron chi connectivity index (χ1n) is 6.68. The summed E-state index contributed by atoms with van der Waals surface area (Å²) in [5.41, 5.74) is 9.81. The predicted octanol–water partition coefficient (Wildman–Crippen LogP) is 3.25. The maximum Gasteiger partial charge on any atom is 0.342 e. The standard InChI is InChI=1S/C17H19NO3/c1-11-4-5-12(2)13(8-11)10-21-17(19)15-7-6-14(18)9-16(15)20-3/h4-9H,10,18H2,1-3H3. The molecule has 0 atom stereocenters. The molecule has 21 heavy (non-hydrogen) atoms. The van der Waals surface area contributed by atoms with Gasteiger partial charge in [0.15, 0.2) is 0 Å². The molecule has 0 unspecified atom stereocenters. The lowest BCUT2D eigenvalue weighted by Gasteiger charge is -2.11. The summed E-state index contributed by atoms with van der Waals surface area (Å²) in [6, 6.07) is 10.9. The molecule has 0 saturated heterocycles. The first-order chi connectivity index (χ1) is 10.0. The van der Waals surface area contributed by atoms with Gasteiger partial charge in [-0.05, 0) is 37.1 Å². The zero-order chi connectivity index (χ0) is 15.4. The summed E-state index contributed by atoms with van der Waals surface area (Å²) in [7, 11) is 1.50. The molecule has 0 aromatic heterocycles. The molecule has 0 heterocycles. The summed E-state index contributed by atoms with van der Waals surface area (Å²) in [6.45, 7) is 4.24. The van der Waals surface area contributed by atoms with E-state index in [9.17, 15) is 4.79 Å². The number of hydrogen-bond donors (Lipinski definition) is 1. The maximum atomic E-state index is 12.2. The molecule has 0 fully saturated rings. The van der Waals surface area contributed by atoms with Crippen molar-refractivity contribution in [2.75, 3.05) is 12.8 Å².